The number of rotatable bonds is 12. The van der Waals surface area contributed by atoms with E-state index in [4.69, 9.17) is 0 Å². The summed E-state index contributed by atoms with van der Waals surface area (Å²) in [6.07, 6.45) is 11.3. The van der Waals surface area contributed by atoms with Gasteiger partial charge in [-0.15, -0.1) is 0 Å². The molecular weight excluding hydrogens is 232 g/mol. The van der Waals surface area contributed by atoms with Gasteiger partial charge in [-0.25, -0.2) is 0 Å². The van der Waals surface area contributed by atoms with Gasteiger partial charge in [-0.2, -0.15) is 0 Å². The fourth-order valence-electron chi connectivity index (χ4n) is 2.25. The number of hydrogen-bond acceptors (Lipinski definition) is 2. The second-order valence-corrected chi connectivity index (χ2v) is 6.95. The van der Waals surface area contributed by atoms with Gasteiger partial charge in [0, 0.05) is 18.6 Å². The number of hydrogen-bond donors (Lipinski definition) is 1. The molecule has 2 heteroatoms. The zero-order valence-corrected chi connectivity index (χ0v) is 14.2. The summed E-state index contributed by atoms with van der Waals surface area (Å²) in [4.78, 5) is 2.45. The van der Waals surface area contributed by atoms with Crippen LogP contribution in [-0.4, -0.2) is 37.1 Å². The van der Waals surface area contributed by atoms with E-state index in [0.29, 0.717) is 0 Å². The Labute approximate surface area is 122 Å². The van der Waals surface area contributed by atoms with Gasteiger partial charge < -0.3 is 10.2 Å². The van der Waals surface area contributed by atoms with Crippen molar-refractivity contribution in [1.29, 1.82) is 0 Å². The maximum Gasteiger partial charge on any atom is 0.0104 e. The van der Waals surface area contributed by atoms with Crippen molar-refractivity contribution in [2.24, 2.45) is 0 Å². The number of likely N-dealkylation sites (N-methyl/N-ethyl adjacent to an activating group) is 1. The highest BCUT2D eigenvalue weighted by molar-refractivity contribution is 4.70. The van der Waals surface area contributed by atoms with Crippen LogP contribution in [-0.2, 0) is 0 Å². The maximum atomic E-state index is 3.54. The summed E-state index contributed by atoms with van der Waals surface area (Å²) >= 11 is 0. The smallest absolute Gasteiger partial charge is 0.0104 e. The van der Waals surface area contributed by atoms with Gasteiger partial charge in [-0.05, 0) is 40.8 Å². The van der Waals surface area contributed by atoms with Gasteiger partial charge in [0.15, 0.2) is 0 Å². The highest BCUT2D eigenvalue weighted by Gasteiger charge is 2.08. The van der Waals surface area contributed by atoms with Gasteiger partial charge in [0.05, 0.1) is 0 Å². The topological polar surface area (TPSA) is 15.3 Å². The van der Waals surface area contributed by atoms with E-state index in [1.807, 2.05) is 0 Å². The second kappa shape index (κ2) is 11.7. The Morgan fingerprint density at radius 1 is 0.789 bits per heavy atom. The minimum absolute atomic E-state index is 0.249. The molecule has 0 spiro atoms. The van der Waals surface area contributed by atoms with Gasteiger partial charge in [0.1, 0.15) is 0 Å². The predicted octanol–water partition coefficient (Wildman–Crippen LogP) is 4.45. The largest absolute Gasteiger partial charge is 0.311 e. The highest BCUT2D eigenvalue weighted by Crippen LogP contribution is 2.08. The van der Waals surface area contributed by atoms with Crippen molar-refractivity contribution in [3.05, 3.63) is 0 Å². The fraction of sp³-hybridized carbons (Fsp3) is 1.00. The minimum Gasteiger partial charge on any atom is -0.311 e. The van der Waals surface area contributed by atoms with Crippen LogP contribution in [0.5, 0.6) is 0 Å². The van der Waals surface area contributed by atoms with Gasteiger partial charge in [-0.3, -0.25) is 0 Å². The van der Waals surface area contributed by atoms with E-state index in [-0.39, 0.29) is 5.54 Å². The summed E-state index contributed by atoms with van der Waals surface area (Å²) in [6.45, 7) is 12.5. The third-order valence-electron chi connectivity index (χ3n) is 3.54. The Morgan fingerprint density at radius 3 is 1.84 bits per heavy atom. The van der Waals surface area contributed by atoms with Crippen LogP contribution in [0.25, 0.3) is 0 Å². The third kappa shape index (κ3) is 15.9. The van der Waals surface area contributed by atoms with Crippen LogP contribution < -0.4 is 5.32 Å². The zero-order chi connectivity index (χ0) is 14.6. The zero-order valence-electron chi connectivity index (χ0n) is 14.2. The molecule has 19 heavy (non-hydrogen) atoms. The SMILES string of the molecule is CCCCCCCCCCN(C)CCNC(C)(C)C. The van der Waals surface area contributed by atoms with E-state index in [9.17, 15) is 0 Å². The average molecular weight is 271 g/mol. The van der Waals surface area contributed by atoms with E-state index < -0.39 is 0 Å². The first-order valence-corrected chi connectivity index (χ1v) is 8.39. The van der Waals surface area contributed by atoms with Crippen LogP contribution in [0.2, 0.25) is 0 Å². The third-order valence-corrected chi connectivity index (χ3v) is 3.54. The normalized spacial score (nSPS) is 12.3. The molecule has 0 bridgehead atoms. The summed E-state index contributed by atoms with van der Waals surface area (Å²) in [5.74, 6) is 0. The summed E-state index contributed by atoms with van der Waals surface area (Å²) in [7, 11) is 2.24. The Balaban J connectivity index is 3.23. The standard InChI is InChI=1S/C17H38N2/c1-6-7-8-9-10-11-12-13-15-19(5)16-14-18-17(2,3)4/h18H,6-16H2,1-5H3. The molecule has 2 nitrogen and oxygen atoms in total. The van der Waals surface area contributed by atoms with Crippen molar-refractivity contribution >= 4 is 0 Å². The summed E-state index contributed by atoms with van der Waals surface area (Å²) in [5.41, 5.74) is 0.249. The molecule has 0 saturated heterocycles. The van der Waals surface area contributed by atoms with Crippen LogP contribution in [0.4, 0.5) is 0 Å². The summed E-state index contributed by atoms with van der Waals surface area (Å²) in [5, 5.41) is 3.54. The number of nitrogens with one attached hydrogen (secondary N) is 1. The summed E-state index contributed by atoms with van der Waals surface area (Å²) < 4.78 is 0. The van der Waals surface area contributed by atoms with Crippen LogP contribution in [0.3, 0.4) is 0 Å². The van der Waals surface area contributed by atoms with Gasteiger partial charge >= 0.3 is 0 Å². The first-order valence-electron chi connectivity index (χ1n) is 8.39. The Bertz CT molecular complexity index is 184. The molecule has 0 aromatic heterocycles. The van der Waals surface area contributed by atoms with Crippen molar-refractivity contribution in [1.82, 2.24) is 10.2 Å². The van der Waals surface area contributed by atoms with Crippen LogP contribution in [0, 0.1) is 0 Å². The lowest BCUT2D eigenvalue weighted by atomic mass is 10.1. The molecule has 0 saturated carbocycles. The first-order chi connectivity index (χ1) is 8.95. The molecule has 0 rings (SSSR count). The highest BCUT2D eigenvalue weighted by atomic mass is 15.1. The lowest BCUT2D eigenvalue weighted by Gasteiger charge is -2.23. The van der Waals surface area contributed by atoms with E-state index in [2.05, 4.69) is 45.0 Å². The summed E-state index contributed by atoms with van der Waals surface area (Å²) in [6, 6.07) is 0. The molecule has 0 aliphatic rings. The minimum atomic E-state index is 0.249. The fourth-order valence-corrected chi connectivity index (χ4v) is 2.25. The van der Waals surface area contributed by atoms with Gasteiger partial charge in [0.2, 0.25) is 0 Å². The van der Waals surface area contributed by atoms with Crippen molar-refractivity contribution < 1.29 is 0 Å². The first kappa shape index (κ1) is 18.9. The molecule has 0 amide bonds. The lowest BCUT2D eigenvalue weighted by molar-refractivity contribution is 0.302. The quantitative estimate of drug-likeness (QED) is 0.527. The van der Waals surface area contributed by atoms with E-state index in [0.717, 1.165) is 13.1 Å². The van der Waals surface area contributed by atoms with Crippen LogP contribution >= 0.6 is 0 Å². The molecule has 0 radical (unpaired) electrons. The Hall–Kier alpha value is -0.0800. The molecule has 116 valence electrons. The molecule has 0 unspecified atom stereocenters. The molecule has 0 aliphatic carbocycles. The molecule has 0 atom stereocenters. The van der Waals surface area contributed by atoms with Gasteiger partial charge in [-0.1, -0.05) is 51.9 Å². The van der Waals surface area contributed by atoms with Crippen molar-refractivity contribution in [2.75, 3.05) is 26.7 Å². The molecule has 0 fully saturated rings. The molecule has 0 aromatic rings. The van der Waals surface area contributed by atoms with Crippen LogP contribution in [0.1, 0.15) is 79.1 Å². The number of nitrogens with zero attached hydrogens (tertiary/aromatic N) is 1. The predicted molar refractivity (Wildman–Crippen MR) is 87.9 cm³/mol. The van der Waals surface area contributed by atoms with E-state index in [1.165, 1.54) is 57.9 Å². The Morgan fingerprint density at radius 2 is 1.32 bits per heavy atom. The van der Waals surface area contributed by atoms with Crippen molar-refractivity contribution in [2.45, 2.75) is 84.6 Å². The van der Waals surface area contributed by atoms with Crippen molar-refractivity contribution in [3.8, 4) is 0 Å². The maximum absolute atomic E-state index is 3.54. The monoisotopic (exact) mass is 270 g/mol. The molecule has 0 aliphatic heterocycles. The van der Waals surface area contributed by atoms with Crippen molar-refractivity contribution in [3.63, 3.8) is 0 Å². The van der Waals surface area contributed by atoms with Crippen LogP contribution in [0.15, 0.2) is 0 Å². The molecule has 0 heterocycles. The average Bonchev–Trinajstić information content (AvgIpc) is 2.31. The molecule has 1 N–H and O–H groups in total. The Kier molecular flexibility index (Phi) is 11.7. The van der Waals surface area contributed by atoms with Gasteiger partial charge in [0.25, 0.3) is 0 Å². The van der Waals surface area contributed by atoms with E-state index in [1.54, 1.807) is 0 Å². The lowest BCUT2D eigenvalue weighted by Crippen LogP contribution is -2.40. The molecular formula is C17H38N2. The van der Waals surface area contributed by atoms with E-state index >= 15 is 0 Å². The second-order valence-electron chi connectivity index (χ2n) is 6.95. The number of unbranched alkanes of at least 4 members (excludes halogenated alkanes) is 7. The molecule has 0 aromatic carbocycles.